The van der Waals surface area contributed by atoms with Gasteiger partial charge in [-0.05, 0) is 14.1 Å². The molecular weight excluding hydrogens is 300 g/mol. The van der Waals surface area contributed by atoms with Crippen molar-refractivity contribution < 1.29 is 8.42 Å². The molecule has 3 heterocycles. The minimum atomic E-state index is -2.94. The number of fused-ring (bicyclic) bond motifs is 1. The van der Waals surface area contributed by atoms with E-state index in [-0.39, 0.29) is 17.2 Å². The van der Waals surface area contributed by atoms with E-state index in [1.807, 2.05) is 26.5 Å². The summed E-state index contributed by atoms with van der Waals surface area (Å²) in [4.78, 5) is 8.73. The van der Waals surface area contributed by atoms with Crippen LogP contribution in [0.5, 0.6) is 0 Å². The Bertz CT molecular complexity index is 625. The Morgan fingerprint density at radius 2 is 2.09 bits per heavy atom. The Hall–Kier alpha value is -0.920. The van der Waals surface area contributed by atoms with Gasteiger partial charge in [-0.3, -0.25) is 4.90 Å². The van der Waals surface area contributed by atoms with Crippen molar-refractivity contribution in [1.82, 2.24) is 19.4 Å². The maximum absolute atomic E-state index is 12.4. The minimum absolute atomic E-state index is 0.166. The zero-order valence-corrected chi connectivity index (χ0v) is 14.5. The van der Waals surface area contributed by atoms with E-state index in [2.05, 4.69) is 26.3 Å². The van der Waals surface area contributed by atoms with Crippen LogP contribution in [0.2, 0.25) is 0 Å². The molecule has 3 atom stereocenters. The Morgan fingerprint density at radius 1 is 1.32 bits per heavy atom. The lowest BCUT2D eigenvalue weighted by Crippen LogP contribution is -2.38. The molecule has 6 nitrogen and oxygen atoms in total. The number of aromatic nitrogens is 2. The first-order valence-electron chi connectivity index (χ1n) is 8.02. The summed E-state index contributed by atoms with van der Waals surface area (Å²) < 4.78 is 26.9. The summed E-state index contributed by atoms with van der Waals surface area (Å²) in [7, 11) is 1.04. The van der Waals surface area contributed by atoms with E-state index in [1.165, 1.54) is 0 Å². The Kier molecular flexibility index (Phi) is 4.31. The maximum Gasteiger partial charge on any atom is 0.156 e. The largest absolute Gasteiger partial charge is 0.334 e. The summed E-state index contributed by atoms with van der Waals surface area (Å²) in [6.07, 6.45) is 4.77. The summed E-state index contributed by atoms with van der Waals surface area (Å²) in [6, 6.07) is 0.166. The molecule has 2 fully saturated rings. The van der Waals surface area contributed by atoms with Gasteiger partial charge in [0.05, 0.1) is 11.0 Å². The number of imidazole rings is 1. The molecule has 0 spiro atoms. The van der Waals surface area contributed by atoms with Gasteiger partial charge in [-0.15, -0.1) is 0 Å². The molecule has 0 bridgehead atoms. The number of aryl methyl sites for hydroxylation is 1. The predicted octanol–water partition coefficient (Wildman–Crippen LogP) is 0.105. The second kappa shape index (κ2) is 5.94. The van der Waals surface area contributed by atoms with Crippen LogP contribution < -0.4 is 0 Å². The number of nitrogens with zero attached hydrogens (tertiary/aromatic N) is 4. The van der Waals surface area contributed by atoms with Crippen LogP contribution in [0, 0.1) is 5.92 Å². The number of likely N-dealkylation sites (tertiary alicyclic amines) is 1. The Morgan fingerprint density at radius 3 is 2.77 bits per heavy atom. The first-order valence-corrected chi connectivity index (χ1v) is 9.74. The molecule has 1 aromatic heterocycles. The average Bonchev–Trinajstić information content (AvgIpc) is 3.12. The van der Waals surface area contributed by atoms with Crippen LogP contribution in [-0.2, 0) is 22.8 Å². The molecule has 0 N–H and O–H groups in total. The van der Waals surface area contributed by atoms with Gasteiger partial charge in [0.15, 0.2) is 9.84 Å². The fourth-order valence-corrected chi connectivity index (χ4v) is 6.44. The van der Waals surface area contributed by atoms with Crippen LogP contribution in [0.3, 0.4) is 0 Å². The van der Waals surface area contributed by atoms with Crippen molar-refractivity contribution in [3.8, 4) is 0 Å². The molecule has 7 heteroatoms. The van der Waals surface area contributed by atoms with E-state index < -0.39 is 9.84 Å². The molecule has 0 aliphatic carbocycles. The number of rotatable bonds is 5. The topological polar surface area (TPSA) is 58.4 Å². The SMILES string of the molecule is CCc1nccn1CCN1C[C@H]2[C@@H](N(C)C)CS(=O)(=O)[C@H]2C1. The zero-order chi connectivity index (χ0) is 15.9. The van der Waals surface area contributed by atoms with Crippen molar-refractivity contribution in [2.75, 3.05) is 39.5 Å². The lowest BCUT2D eigenvalue weighted by molar-refractivity contribution is 0.229. The number of hydrogen-bond donors (Lipinski definition) is 0. The van der Waals surface area contributed by atoms with Crippen LogP contribution in [0.1, 0.15) is 12.7 Å². The Labute approximate surface area is 133 Å². The van der Waals surface area contributed by atoms with Gasteiger partial charge in [0.25, 0.3) is 0 Å². The fraction of sp³-hybridized carbons (Fsp3) is 0.800. The van der Waals surface area contributed by atoms with Crippen molar-refractivity contribution in [2.24, 2.45) is 5.92 Å². The molecule has 2 aliphatic rings. The van der Waals surface area contributed by atoms with Gasteiger partial charge >= 0.3 is 0 Å². The standard InChI is InChI=1S/C15H26N4O2S/c1-4-15-16-5-6-19(15)8-7-18-9-12-13(17(2)3)11-22(20,21)14(12)10-18/h5-6,12-14H,4,7-11H2,1-3H3/t12-,13-,14-/m0/s1. The lowest BCUT2D eigenvalue weighted by Gasteiger charge is -2.25. The summed E-state index contributed by atoms with van der Waals surface area (Å²) in [5.41, 5.74) is 0. The molecular formula is C15H26N4O2S. The molecule has 0 saturated carbocycles. The highest BCUT2D eigenvalue weighted by molar-refractivity contribution is 7.92. The van der Waals surface area contributed by atoms with Crippen molar-refractivity contribution in [2.45, 2.75) is 31.2 Å². The summed E-state index contributed by atoms with van der Waals surface area (Å²) >= 11 is 0. The zero-order valence-electron chi connectivity index (χ0n) is 13.6. The molecule has 0 amide bonds. The van der Waals surface area contributed by atoms with E-state index in [9.17, 15) is 8.42 Å². The maximum atomic E-state index is 12.4. The van der Waals surface area contributed by atoms with Gasteiger partial charge in [-0.1, -0.05) is 6.92 Å². The van der Waals surface area contributed by atoms with Gasteiger partial charge in [0.1, 0.15) is 5.82 Å². The van der Waals surface area contributed by atoms with Gasteiger partial charge in [-0.2, -0.15) is 0 Å². The first kappa shape index (κ1) is 16.0. The van der Waals surface area contributed by atoms with E-state index in [0.717, 1.165) is 31.9 Å². The smallest absolute Gasteiger partial charge is 0.156 e. The molecule has 2 saturated heterocycles. The van der Waals surface area contributed by atoms with Crippen LogP contribution in [-0.4, -0.2) is 78.5 Å². The fourth-order valence-electron chi connectivity index (χ4n) is 3.94. The van der Waals surface area contributed by atoms with Gasteiger partial charge in [0.2, 0.25) is 0 Å². The molecule has 1 aromatic rings. The highest BCUT2D eigenvalue weighted by Crippen LogP contribution is 2.35. The van der Waals surface area contributed by atoms with Gasteiger partial charge in [-0.25, -0.2) is 13.4 Å². The third-order valence-corrected chi connectivity index (χ3v) is 7.41. The highest BCUT2D eigenvalue weighted by atomic mass is 32.2. The number of hydrogen-bond acceptors (Lipinski definition) is 5. The highest BCUT2D eigenvalue weighted by Gasteiger charge is 2.52. The number of sulfone groups is 1. The van der Waals surface area contributed by atoms with Crippen LogP contribution >= 0.6 is 0 Å². The molecule has 124 valence electrons. The Balaban J connectivity index is 1.65. The quantitative estimate of drug-likeness (QED) is 0.768. The predicted molar refractivity (Wildman–Crippen MR) is 86.6 cm³/mol. The van der Waals surface area contributed by atoms with E-state index in [1.54, 1.807) is 0 Å². The lowest BCUT2D eigenvalue weighted by atomic mass is 10.00. The summed E-state index contributed by atoms with van der Waals surface area (Å²) in [5, 5.41) is -0.173. The van der Waals surface area contributed by atoms with E-state index in [4.69, 9.17) is 0 Å². The van der Waals surface area contributed by atoms with Crippen molar-refractivity contribution in [3.05, 3.63) is 18.2 Å². The van der Waals surface area contributed by atoms with E-state index in [0.29, 0.717) is 12.3 Å². The molecule has 22 heavy (non-hydrogen) atoms. The van der Waals surface area contributed by atoms with Gasteiger partial charge in [0, 0.05) is 57.0 Å². The van der Waals surface area contributed by atoms with Gasteiger partial charge < -0.3 is 9.47 Å². The third kappa shape index (κ3) is 2.81. The molecule has 0 radical (unpaired) electrons. The summed E-state index contributed by atoms with van der Waals surface area (Å²) in [6.45, 7) is 5.46. The minimum Gasteiger partial charge on any atom is -0.334 e. The van der Waals surface area contributed by atoms with Crippen molar-refractivity contribution >= 4 is 9.84 Å². The molecule has 0 unspecified atom stereocenters. The van der Waals surface area contributed by atoms with Crippen molar-refractivity contribution in [1.29, 1.82) is 0 Å². The van der Waals surface area contributed by atoms with Crippen LogP contribution in [0.4, 0.5) is 0 Å². The molecule has 3 rings (SSSR count). The normalized spacial score (nSPS) is 31.0. The second-order valence-corrected chi connectivity index (χ2v) is 8.98. The average molecular weight is 326 g/mol. The van der Waals surface area contributed by atoms with E-state index >= 15 is 0 Å². The van der Waals surface area contributed by atoms with Crippen molar-refractivity contribution in [3.63, 3.8) is 0 Å². The monoisotopic (exact) mass is 326 g/mol. The second-order valence-electron chi connectivity index (χ2n) is 6.71. The molecule has 0 aromatic carbocycles. The first-order chi connectivity index (χ1) is 10.4. The molecule has 2 aliphatic heterocycles. The summed E-state index contributed by atoms with van der Waals surface area (Å²) in [5.74, 6) is 1.68. The van der Waals surface area contributed by atoms with Crippen LogP contribution in [0.15, 0.2) is 12.4 Å². The van der Waals surface area contributed by atoms with Crippen LogP contribution in [0.25, 0.3) is 0 Å². The third-order valence-electron chi connectivity index (χ3n) is 5.18.